The van der Waals surface area contributed by atoms with E-state index in [2.05, 4.69) is 10.4 Å². The Labute approximate surface area is 158 Å². The maximum absolute atomic E-state index is 12.9. The number of nitrogens with one attached hydrogen (secondary N) is 1. The summed E-state index contributed by atoms with van der Waals surface area (Å²) < 4.78 is 25.7. The molecular formula is C20H21N3O3S. The zero-order valence-corrected chi connectivity index (χ0v) is 16.3. The summed E-state index contributed by atoms with van der Waals surface area (Å²) in [6.45, 7) is 5.90. The number of amides is 1. The molecule has 2 aromatic carbocycles. The maximum Gasteiger partial charge on any atom is 0.256 e. The first-order chi connectivity index (χ1) is 12.6. The Morgan fingerprint density at radius 2 is 1.78 bits per heavy atom. The van der Waals surface area contributed by atoms with Gasteiger partial charge in [-0.3, -0.25) is 4.79 Å². The number of carbonyl (C=O) groups excluding carboxylic acids is 1. The van der Waals surface area contributed by atoms with Crippen molar-refractivity contribution in [3.05, 3.63) is 59.3 Å². The van der Waals surface area contributed by atoms with E-state index in [1.54, 1.807) is 10.7 Å². The number of benzene rings is 2. The quantitative estimate of drug-likeness (QED) is 0.735. The minimum atomic E-state index is -3.20. The molecule has 1 N–H and O–H groups in total. The molecule has 4 rings (SSSR count). The number of aromatic nitrogens is 2. The van der Waals surface area contributed by atoms with Crippen molar-refractivity contribution in [2.75, 3.05) is 5.32 Å². The highest BCUT2D eigenvalue weighted by molar-refractivity contribution is 7.90. The van der Waals surface area contributed by atoms with E-state index in [9.17, 15) is 13.2 Å². The van der Waals surface area contributed by atoms with E-state index in [0.29, 0.717) is 22.6 Å². The molecule has 1 aliphatic rings. The molecule has 0 bridgehead atoms. The Morgan fingerprint density at radius 3 is 2.48 bits per heavy atom. The fourth-order valence-electron chi connectivity index (χ4n) is 3.37. The van der Waals surface area contributed by atoms with Crippen LogP contribution >= 0.6 is 0 Å². The van der Waals surface area contributed by atoms with Crippen molar-refractivity contribution in [1.29, 1.82) is 0 Å². The van der Waals surface area contributed by atoms with Gasteiger partial charge in [-0.2, -0.15) is 5.10 Å². The molecule has 0 fully saturated rings. The predicted octanol–water partition coefficient (Wildman–Crippen LogP) is 3.47. The fraction of sp³-hybridized carbons (Fsp3) is 0.300. The second-order valence-electron chi connectivity index (χ2n) is 7.90. The Bertz CT molecular complexity index is 1170. The lowest BCUT2D eigenvalue weighted by Crippen LogP contribution is -2.27. The lowest BCUT2D eigenvalue weighted by Gasteiger charge is -2.23. The van der Waals surface area contributed by atoms with Crippen molar-refractivity contribution >= 4 is 32.3 Å². The molecule has 0 atom stereocenters. The van der Waals surface area contributed by atoms with Gasteiger partial charge in [0.1, 0.15) is 5.82 Å². The van der Waals surface area contributed by atoms with E-state index in [-0.39, 0.29) is 23.0 Å². The summed E-state index contributed by atoms with van der Waals surface area (Å²) in [7, 11) is -3.20. The van der Waals surface area contributed by atoms with Crippen molar-refractivity contribution in [2.45, 2.75) is 37.8 Å². The van der Waals surface area contributed by atoms with Crippen LogP contribution in [-0.4, -0.2) is 24.1 Å². The molecule has 1 aliphatic heterocycles. The first-order valence-electron chi connectivity index (χ1n) is 8.76. The summed E-state index contributed by atoms with van der Waals surface area (Å²) in [6.07, 6.45) is 0. The SMILES string of the molecule is CC(C)(C)n1nc2c(c1NC(=O)c1ccc3ccccc3c1)CS(=O)(=O)C2. The van der Waals surface area contributed by atoms with Crippen molar-refractivity contribution in [3.8, 4) is 0 Å². The van der Waals surface area contributed by atoms with Crippen LogP contribution in [0.15, 0.2) is 42.5 Å². The summed E-state index contributed by atoms with van der Waals surface area (Å²) >= 11 is 0. The van der Waals surface area contributed by atoms with Crippen LogP contribution < -0.4 is 5.32 Å². The first-order valence-corrected chi connectivity index (χ1v) is 10.6. The van der Waals surface area contributed by atoms with E-state index >= 15 is 0 Å². The van der Waals surface area contributed by atoms with Crippen molar-refractivity contribution in [1.82, 2.24) is 9.78 Å². The zero-order chi connectivity index (χ0) is 19.4. The Kier molecular flexibility index (Phi) is 3.89. The van der Waals surface area contributed by atoms with Gasteiger partial charge >= 0.3 is 0 Å². The lowest BCUT2D eigenvalue weighted by molar-refractivity contribution is 0.102. The maximum atomic E-state index is 12.9. The van der Waals surface area contributed by atoms with E-state index < -0.39 is 9.84 Å². The molecule has 6 nitrogen and oxygen atoms in total. The highest BCUT2D eigenvalue weighted by Crippen LogP contribution is 2.34. The third kappa shape index (κ3) is 3.23. The van der Waals surface area contributed by atoms with Gasteiger partial charge in [0.15, 0.2) is 9.84 Å². The lowest BCUT2D eigenvalue weighted by atomic mass is 10.1. The van der Waals surface area contributed by atoms with Crippen LogP contribution in [0.5, 0.6) is 0 Å². The van der Waals surface area contributed by atoms with Crippen LogP contribution in [0.25, 0.3) is 10.8 Å². The number of anilines is 1. The third-order valence-electron chi connectivity index (χ3n) is 4.67. The number of hydrogen-bond acceptors (Lipinski definition) is 4. The molecule has 0 aliphatic carbocycles. The number of fused-ring (bicyclic) bond motifs is 2. The van der Waals surface area contributed by atoms with Crippen LogP contribution in [0.3, 0.4) is 0 Å². The molecule has 3 aromatic rings. The van der Waals surface area contributed by atoms with Gasteiger partial charge in [0.25, 0.3) is 5.91 Å². The molecule has 1 amide bonds. The fourth-order valence-corrected chi connectivity index (χ4v) is 4.86. The molecule has 0 spiro atoms. The summed E-state index contributed by atoms with van der Waals surface area (Å²) in [5.74, 6) is 0.0192. The first kappa shape index (κ1) is 17.7. The third-order valence-corrected chi connectivity index (χ3v) is 6.11. The van der Waals surface area contributed by atoms with Gasteiger partial charge in [-0.05, 0) is 43.7 Å². The van der Waals surface area contributed by atoms with Crippen LogP contribution in [0.1, 0.15) is 42.4 Å². The number of hydrogen-bond donors (Lipinski definition) is 1. The summed E-state index contributed by atoms with van der Waals surface area (Å²) in [5, 5.41) is 9.42. The summed E-state index contributed by atoms with van der Waals surface area (Å²) in [4.78, 5) is 12.9. The average Bonchev–Trinajstić information content (AvgIpc) is 3.07. The topological polar surface area (TPSA) is 81.1 Å². The molecule has 27 heavy (non-hydrogen) atoms. The van der Waals surface area contributed by atoms with Crippen LogP contribution in [0.2, 0.25) is 0 Å². The molecular weight excluding hydrogens is 362 g/mol. The smallest absolute Gasteiger partial charge is 0.256 e. The van der Waals surface area contributed by atoms with Gasteiger partial charge in [-0.15, -0.1) is 0 Å². The predicted molar refractivity (Wildman–Crippen MR) is 105 cm³/mol. The molecule has 0 saturated heterocycles. The number of nitrogens with zero attached hydrogens (tertiary/aromatic N) is 2. The average molecular weight is 383 g/mol. The second kappa shape index (κ2) is 5.92. The second-order valence-corrected chi connectivity index (χ2v) is 9.97. The summed E-state index contributed by atoms with van der Waals surface area (Å²) in [6, 6.07) is 13.3. The zero-order valence-electron chi connectivity index (χ0n) is 15.5. The highest BCUT2D eigenvalue weighted by atomic mass is 32.2. The minimum Gasteiger partial charge on any atom is -0.306 e. The van der Waals surface area contributed by atoms with Crippen molar-refractivity contribution in [3.63, 3.8) is 0 Å². The monoisotopic (exact) mass is 383 g/mol. The van der Waals surface area contributed by atoms with Gasteiger partial charge in [-0.25, -0.2) is 13.1 Å². The molecule has 0 unspecified atom stereocenters. The van der Waals surface area contributed by atoms with Gasteiger partial charge in [0, 0.05) is 11.1 Å². The molecule has 2 heterocycles. The van der Waals surface area contributed by atoms with Crippen LogP contribution in [0, 0.1) is 0 Å². The van der Waals surface area contributed by atoms with Crippen molar-refractivity contribution in [2.24, 2.45) is 0 Å². The van der Waals surface area contributed by atoms with Crippen LogP contribution in [-0.2, 0) is 26.9 Å². The van der Waals surface area contributed by atoms with Crippen molar-refractivity contribution < 1.29 is 13.2 Å². The minimum absolute atomic E-state index is 0.0791. The standard InChI is InChI=1S/C20H21N3O3S/c1-20(2,3)23-18(16-11-27(25,26)12-17(16)22-23)21-19(24)15-9-8-13-6-4-5-7-14(13)10-15/h4-10H,11-12H2,1-3H3,(H,21,24). The normalized spacial score (nSPS) is 15.7. The van der Waals surface area contributed by atoms with E-state index in [1.807, 2.05) is 57.2 Å². The molecule has 0 radical (unpaired) electrons. The molecule has 0 saturated carbocycles. The Balaban J connectivity index is 1.74. The Hall–Kier alpha value is -2.67. The van der Waals surface area contributed by atoms with Gasteiger partial charge in [0.05, 0.1) is 22.7 Å². The highest BCUT2D eigenvalue weighted by Gasteiger charge is 2.35. The largest absolute Gasteiger partial charge is 0.306 e. The van der Waals surface area contributed by atoms with Gasteiger partial charge in [0.2, 0.25) is 0 Å². The molecule has 1 aromatic heterocycles. The number of sulfone groups is 1. The Morgan fingerprint density at radius 1 is 1.07 bits per heavy atom. The summed E-state index contributed by atoms with van der Waals surface area (Å²) in [5.41, 5.74) is 1.25. The van der Waals surface area contributed by atoms with E-state index in [1.165, 1.54) is 0 Å². The number of rotatable bonds is 2. The van der Waals surface area contributed by atoms with Gasteiger partial charge < -0.3 is 5.32 Å². The number of carbonyl (C=O) groups is 1. The molecule has 7 heteroatoms. The van der Waals surface area contributed by atoms with E-state index in [4.69, 9.17) is 0 Å². The van der Waals surface area contributed by atoms with Crippen LogP contribution in [0.4, 0.5) is 5.82 Å². The van der Waals surface area contributed by atoms with E-state index in [0.717, 1.165) is 10.8 Å². The van der Waals surface area contributed by atoms with Gasteiger partial charge in [-0.1, -0.05) is 30.3 Å². The molecule has 140 valence electrons.